The van der Waals surface area contributed by atoms with Gasteiger partial charge in [-0.3, -0.25) is 0 Å². The summed E-state index contributed by atoms with van der Waals surface area (Å²) in [5.74, 6) is 0.341. The Balaban J connectivity index is 2.70. The smallest absolute Gasteiger partial charge is 0.142 e. The van der Waals surface area contributed by atoms with Crippen molar-refractivity contribution in [1.82, 2.24) is 4.98 Å². The van der Waals surface area contributed by atoms with Crippen molar-refractivity contribution in [3.8, 4) is 17.2 Å². The van der Waals surface area contributed by atoms with E-state index in [1.165, 1.54) is 5.56 Å². The minimum absolute atomic E-state index is 0.106. The molecule has 0 bridgehead atoms. The predicted molar refractivity (Wildman–Crippen MR) is 101 cm³/mol. The van der Waals surface area contributed by atoms with Crippen molar-refractivity contribution in [3.05, 3.63) is 46.6 Å². The van der Waals surface area contributed by atoms with Crippen molar-refractivity contribution in [3.63, 3.8) is 0 Å². The fourth-order valence-electron chi connectivity index (χ4n) is 3.09. The van der Waals surface area contributed by atoms with E-state index < -0.39 is 0 Å². The number of nitrogen functional groups attached to an aromatic ring is 1. The highest BCUT2D eigenvalue weighted by atomic mass is 14.9. The molecule has 1 aromatic heterocycles. The highest BCUT2D eigenvalue weighted by molar-refractivity contribution is 5.79. The van der Waals surface area contributed by atoms with E-state index in [0.717, 1.165) is 41.6 Å². The van der Waals surface area contributed by atoms with Crippen molar-refractivity contribution in [1.29, 1.82) is 5.26 Å². The number of aryl methyl sites for hydroxylation is 1. The molecule has 0 saturated heterocycles. The van der Waals surface area contributed by atoms with Gasteiger partial charge in [0.2, 0.25) is 0 Å². The molecule has 2 rings (SSSR count). The van der Waals surface area contributed by atoms with Crippen LogP contribution >= 0.6 is 0 Å². The summed E-state index contributed by atoms with van der Waals surface area (Å²) < 4.78 is 0. The van der Waals surface area contributed by atoms with Gasteiger partial charge in [-0.1, -0.05) is 65.3 Å². The van der Waals surface area contributed by atoms with Crippen LogP contribution < -0.4 is 5.73 Å². The number of rotatable bonds is 4. The lowest BCUT2D eigenvalue weighted by atomic mass is 9.85. The fourth-order valence-corrected chi connectivity index (χ4v) is 3.09. The average Bonchev–Trinajstić information content (AvgIpc) is 2.54. The number of hydrogen-bond acceptors (Lipinski definition) is 3. The Bertz CT molecular complexity index is 760. The van der Waals surface area contributed by atoms with Gasteiger partial charge in [0.05, 0.1) is 0 Å². The highest BCUT2D eigenvalue weighted by Crippen LogP contribution is 2.34. The zero-order valence-corrected chi connectivity index (χ0v) is 15.4. The first-order chi connectivity index (χ1) is 11.3. The Labute approximate surface area is 145 Å². The van der Waals surface area contributed by atoms with Gasteiger partial charge in [-0.05, 0) is 34.9 Å². The molecule has 0 aliphatic rings. The summed E-state index contributed by atoms with van der Waals surface area (Å²) in [5, 5.41) is 9.62. The third-order valence-electron chi connectivity index (χ3n) is 4.40. The Hall–Kier alpha value is -2.34. The lowest BCUT2D eigenvalue weighted by Gasteiger charge is -2.20. The maximum absolute atomic E-state index is 9.62. The molecule has 126 valence electrons. The number of pyridine rings is 1. The predicted octanol–water partition coefficient (Wildman–Crippen LogP) is 5.01. The Morgan fingerprint density at radius 3 is 2.21 bits per heavy atom. The third kappa shape index (κ3) is 3.43. The Kier molecular flexibility index (Phi) is 5.29. The van der Waals surface area contributed by atoms with Crippen molar-refractivity contribution < 1.29 is 0 Å². The van der Waals surface area contributed by atoms with Gasteiger partial charge >= 0.3 is 0 Å². The number of nitrogens with zero attached hydrogens (tertiary/aromatic N) is 2. The van der Waals surface area contributed by atoms with E-state index in [1.807, 2.05) is 0 Å². The molecule has 2 N–H and O–H groups in total. The highest BCUT2D eigenvalue weighted by Gasteiger charge is 2.19. The van der Waals surface area contributed by atoms with E-state index >= 15 is 0 Å². The Morgan fingerprint density at radius 1 is 1.12 bits per heavy atom. The number of aromatic nitrogens is 1. The molecule has 0 unspecified atom stereocenters. The largest absolute Gasteiger partial charge is 0.383 e. The van der Waals surface area contributed by atoms with Gasteiger partial charge in [0.15, 0.2) is 0 Å². The topological polar surface area (TPSA) is 62.7 Å². The number of nitriles is 1. The lowest BCUT2D eigenvalue weighted by molar-refractivity contribution is 0.590. The molecule has 0 atom stereocenters. The number of benzene rings is 1. The summed E-state index contributed by atoms with van der Waals surface area (Å²) in [6, 6.07) is 10.8. The monoisotopic (exact) mass is 321 g/mol. The van der Waals surface area contributed by atoms with Gasteiger partial charge in [0, 0.05) is 11.3 Å². The molecule has 0 aliphatic heterocycles. The molecule has 3 nitrogen and oxygen atoms in total. The minimum atomic E-state index is 0.106. The van der Waals surface area contributed by atoms with Crippen LogP contribution in [0.3, 0.4) is 0 Å². The molecule has 3 heteroatoms. The van der Waals surface area contributed by atoms with Crippen LogP contribution in [-0.4, -0.2) is 4.98 Å². The summed E-state index contributed by atoms with van der Waals surface area (Å²) >= 11 is 0. The second kappa shape index (κ2) is 7.05. The summed E-state index contributed by atoms with van der Waals surface area (Å²) in [4.78, 5) is 4.50. The van der Waals surface area contributed by atoms with Crippen LogP contribution in [0.25, 0.3) is 11.1 Å². The summed E-state index contributed by atoms with van der Waals surface area (Å²) in [6.45, 7) is 10.8. The van der Waals surface area contributed by atoms with E-state index in [4.69, 9.17) is 5.73 Å². The zero-order chi connectivity index (χ0) is 17.9. The first-order valence-electron chi connectivity index (χ1n) is 8.65. The molecule has 0 saturated carbocycles. The minimum Gasteiger partial charge on any atom is -0.383 e. The van der Waals surface area contributed by atoms with Gasteiger partial charge in [-0.2, -0.15) is 5.26 Å². The number of anilines is 1. The van der Waals surface area contributed by atoms with Crippen LogP contribution in [0.15, 0.2) is 24.3 Å². The van der Waals surface area contributed by atoms with Crippen molar-refractivity contribution in [2.75, 3.05) is 5.73 Å². The van der Waals surface area contributed by atoms with Crippen LogP contribution in [-0.2, 0) is 18.3 Å². The SMILES string of the molecule is CCCc1nc(N)c(C#N)c(-c2ccc(C(C)(C)C)cc2)c1CC. The van der Waals surface area contributed by atoms with Crippen molar-refractivity contribution in [2.24, 2.45) is 0 Å². The molecule has 0 spiro atoms. The molecular formula is C21H27N3. The molecule has 24 heavy (non-hydrogen) atoms. The molecule has 1 aromatic carbocycles. The summed E-state index contributed by atoms with van der Waals surface area (Å²) in [7, 11) is 0. The molecule has 0 aliphatic carbocycles. The van der Waals surface area contributed by atoms with Crippen LogP contribution in [0.1, 0.15) is 63.4 Å². The molecule has 0 amide bonds. The molecule has 2 aromatic rings. The first kappa shape index (κ1) is 18.0. The molecule has 0 fully saturated rings. The van der Waals surface area contributed by atoms with E-state index in [2.05, 4.69) is 69.9 Å². The summed E-state index contributed by atoms with van der Waals surface area (Å²) in [6.07, 6.45) is 2.73. The van der Waals surface area contributed by atoms with Gasteiger partial charge in [0.25, 0.3) is 0 Å². The maximum Gasteiger partial charge on any atom is 0.142 e. The third-order valence-corrected chi connectivity index (χ3v) is 4.40. The quantitative estimate of drug-likeness (QED) is 0.860. The van der Waals surface area contributed by atoms with Crippen LogP contribution in [0.2, 0.25) is 0 Å². The second-order valence-electron chi connectivity index (χ2n) is 7.21. The normalized spacial score (nSPS) is 11.3. The fraction of sp³-hybridized carbons (Fsp3) is 0.429. The summed E-state index contributed by atoms with van der Waals surface area (Å²) in [5.41, 5.74) is 12.1. The van der Waals surface area contributed by atoms with Crippen molar-refractivity contribution >= 4 is 5.82 Å². The van der Waals surface area contributed by atoms with Gasteiger partial charge in [-0.15, -0.1) is 0 Å². The molecule has 1 heterocycles. The van der Waals surface area contributed by atoms with Crippen LogP contribution in [0.5, 0.6) is 0 Å². The van der Waals surface area contributed by atoms with Gasteiger partial charge in [0.1, 0.15) is 17.5 Å². The standard InChI is InChI=1S/C21H27N3/c1-6-8-18-16(7-2)19(17(13-22)20(23)24-18)14-9-11-15(12-10-14)21(3,4)5/h9-12H,6-8H2,1-5H3,(H2,23,24). The van der Waals surface area contributed by atoms with E-state index in [0.29, 0.717) is 11.4 Å². The first-order valence-corrected chi connectivity index (χ1v) is 8.65. The van der Waals surface area contributed by atoms with Gasteiger partial charge in [-0.25, -0.2) is 4.98 Å². The molecular weight excluding hydrogens is 294 g/mol. The number of nitrogens with two attached hydrogens (primary N) is 1. The zero-order valence-electron chi connectivity index (χ0n) is 15.4. The lowest BCUT2D eigenvalue weighted by Crippen LogP contribution is -2.11. The van der Waals surface area contributed by atoms with Crippen LogP contribution in [0.4, 0.5) is 5.82 Å². The average molecular weight is 321 g/mol. The van der Waals surface area contributed by atoms with Crippen molar-refractivity contribution in [2.45, 2.75) is 59.3 Å². The maximum atomic E-state index is 9.62. The number of hydrogen-bond donors (Lipinski definition) is 1. The second-order valence-corrected chi connectivity index (χ2v) is 7.21. The van der Waals surface area contributed by atoms with E-state index in [9.17, 15) is 5.26 Å². The van der Waals surface area contributed by atoms with E-state index in [1.54, 1.807) is 0 Å². The van der Waals surface area contributed by atoms with E-state index in [-0.39, 0.29) is 5.41 Å². The van der Waals surface area contributed by atoms with Crippen LogP contribution in [0, 0.1) is 11.3 Å². The Morgan fingerprint density at radius 2 is 1.75 bits per heavy atom. The molecule has 0 radical (unpaired) electrons. The van der Waals surface area contributed by atoms with Gasteiger partial charge < -0.3 is 5.73 Å².